The summed E-state index contributed by atoms with van der Waals surface area (Å²) in [6, 6.07) is 18.5. The molecule has 0 heterocycles. The van der Waals surface area contributed by atoms with Gasteiger partial charge in [-0.15, -0.1) is 0 Å². The van der Waals surface area contributed by atoms with E-state index >= 15 is 0 Å². The number of aliphatic imine (C=N–C) groups is 1. The van der Waals surface area contributed by atoms with Gasteiger partial charge < -0.3 is 4.90 Å². The van der Waals surface area contributed by atoms with Crippen LogP contribution in [0.2, 0.25) is 0 Å². The average Bonchev–Trinajstić information content (AvgIpc) is 2.40. The summed E-state index contributed by atoms with van der Waals surface area (Å²) >= 11 is 0. The van der Waals surface area contributed by atoms with Crippen molar-refractivity contribution in [3.05, 3.63) is 60.2 Å². The first-order valence-electron chi connectivity index (χ1n) is 6.07. The molecule has 92 valence electrons. The average molecular weight is 238 g/mol. The fraction of sp³-hybridized carbons (Fsp3) is 0.188. The van der Waals surface area contributed by atoms with Gasteiger partial charge in [0, 0.05) is 12.7 Å². The largest absolute Gasteiger partial charge is 0.333 e. The number of hydrogen-bond acceptors (Lipinski definition) is 1. The summed E-state index contributed by atoms with van der Waals surface area (Å²) in [5.41, 5.74) is 3.40. The molecule has 0 aliphatic heterocycles. The molecule has 0 aliphatic carbocycles. The van der Waals surface area contributed by atoms with Gasteiger partial charge in [-0.2, -0.15) is 0 Å². The molecule has 0 amide bonds. The molecule has 2 rings (SSSR count). The maximum Gasteiger partial charge on any atom is 0.106 e. The van der Waals surface area contributed by atoms with Crippen molar-refractivity contribution in [1.82, 2.24) is 0 Å². The summed E-state index contributed by atoms with van der Waals surface area (Å²) in [6.07, 6.45) is 0. The Morgan fingerprint density at radius 3 is 2.17 bits per heavy atom. The SMILES string of the molecule is CC(=Nc1ccccc1)N(C)c1ccc(C)cc1. The number of aryl methyl sites for hydroxylation is 1. The normalized spacial score (nSPS) is 11.4. The predicted octanol–water partition coefficient (Wildman–Crippen LogP) is 4.18. The van der Waals surface area contributed by atoms with Gasteiger partial charge in [0.1, 0.15) is 5.84 Å². The molecule has 0 unspecified atom stereocenters. The van der Waals surface area contributed by atoms with Crippen molar-refractivity contribution in [3.63, 3.8) is 0 Å². The van der Waals surface area contributed by atoms with Crippen LogP contribution in [0.3, 0.4) is 0 Å². The molecule has 2 aromatic rings. The molecule has 0 fully saturated rings. The second-order valence-electron chi connectivity index (χ2n) is 4.39. The van der Waals surface area contributed by atoms with E-state index in [-0.39, 0.29) is 0 Å². The van der Waals surface area contributed by atoms with Crippen LogP contribution < -0.4 is 4.90 Å². The van der Waals surface area contributed by atoms with Gasteiger partial charge in [-0.3, -0.25) is 0 Å². The van der Waals surface area contributed by atoms with Crippen LogP contribution >= 0.6 is 0 Å². The number of amidine groups is 1. The Morgan fingerprint density at radius 1 is 0.944 bits per heavy atom. The molecule has 2 aromatic carbocycles. The minimum atomic E-state index is 0.977. The van der Waals surface area contributed by atoms with Crippen molar-refractivity contribution in [2.75, 3.05) is 11.9 Å². The lowest BCUT2D eigenvalue weighted by Gasteiger charge is -2.19. The Labute approximate surface area is 109 Å². The lowest BCUT2D eigenvalue weighted by molar-refractivity contribution is 1.23. The molecule has 0 bridgehead atoms. The first-order chi connectivity index (χ1) is 8.66. The molecule has 0 aliphatic rings. The molecule has 2 nitrogen and oxygen atoms in total. The van der Waals surface area contributed by atoms with Gasteiger partial charge >= 0.3 is 0 Å². The zero-order chi connectivity index (χ0) is 13.0. The number of para-hydroxylation sites is 1. The molecule has 0 spiro atoms. The van der Waals surface area contributed by atoms with Gasteiger partial charge in [0.25, 0.3) is 0 Å². The minimum Gasteiger partial charge on any atom is -0.333 e. The molecule has 0 saturated carbocycles. The Kier molecular flexibility index (Phi) is 3.78. The van der Waals surface area contributed by atoms with Crippen molar-refractivity contribution < 1.29 is 0 Å². The summed E-state index contributed by atoms with van der Waals surface area (Å²) in [6.45, 7) is 4.11. The molecule has 0 aromatic heterocycles. The van der Waals surface area contributed by atoms with Crippen molar-refractivity contribution in [2.24, 2.45) is 4.99 Å². The van der Waals surface area contributed by atoms with Crippen LogP contribution in [0.15, 0.2) is 59.6 Å². The molecule has 18 heavy (non-hydrogen) atoms. The highest BCUT2D eigenvalue weighted by atomic mass is 15.2. The van der Waals surface area contributed by atoms with Gasteiger partial charge in [-0.25, -0.2) is 4.99 Å². The summed E-state index contributed by atoms with van der Waals surface area (Å²) in [5, 5.41) is 0. The number of rotatable bonds is 2. The maximum absolute atomic E-state index is 4.60. The van der Waals surface area contributed by atoms with Gasteiger partial charge in [0.15, 0.2) is 0 Å². The lowest BCUT2D eigenvalue weighted by atomic mass is 10.2. The number of anilines is 1. The third-order valence-electron chi connectivity index (χ3n) is 2.95. The number of nitrogens with zero attached hydrogens (tertiary/aromatic N) is 2. The van der Waals surface area contributed by atoms with E-state index in [1.54, 1.807) is 0 Å². The number of benzene rings is 2. The van der Waals surface area contributed by atoms with Gasteiger partial charge in [-0.1, -0.05) is 35.9 Å². The van der Waals surface area contributed by atoms with E-state index in [4.69, 9.17) is 0 Å². The Balaban J connectivity index is 2.21. The predicted molar refractivity (Wildman–Crippen MR) is 78.8 cm³/mol. The number of hydrogen-bond donors (Lipinski definition) is 0. The Hall–Kier alpha value is -2.09. The van der Waals surface area contributed by atoms with E-state index < -0.39 is 0 Å². The summed E-state index contributed by atoms with van der Waals surface area (Å²) < 4.78 is 0. The molecule has 0 N–H and O–H groups in total. The monoisotopic (exact) mass is 238 g/mol. The maximum atomic E-state index is 4.60. The Bertz CT molecular complexity index is 527. The van der Waals surface area contributed by atoms with E-state index in [2.05, 4.69) is 41.1 Å². The Morgan fingerprint density at radius 2 is 1.56 bits per heavy atom. The van der Waals surface area contributed by atoms with Crippen molar-refractivity contribution >= 4 is 17.2 Å². The van der Waals surface area contributed by atoms with Crippen molar-refractivity contribution in [2.45, 2.75) is 13.8 Å². The van der Waals surface area contributed by atoms with Crippen LogP contribution in [0, 0.1) is 6.92 Å². The van der Waals surface area contributed by atoms with E-state index in [9.17, 15) is 0 Å². The van der Waals surface area contributed by atoms with Crippen molar-refractivity contribution in [1.29, 1.82) is 0 Å². The first kappa shape index (κ1) is 12.4. The van der Waals surface area contributed by atoms with Crippen LogP contribution in [-0.4, -0.2) is 12.9 Å². The molecule has 2 heteroatoms. The van der Waals surface area contributed by atoms with E-state index in [0.29, 0.717) is 0 Å². The zero-order valence-electron chi connectivity index (χ0n) is 11.1. The molecular weight excluding hydrogens is 220 g/mol. The second-order valence-corrected chi connectivity index (χ2v) is 4.39. The van der Waals surface area contributed by atoms with E-state index in [0.717, 1.165) is 17.2 Å². The fourth-order valence-electron chi connectivity index (χ4n) is 1.72. The van der Waals surface area contributed by atoms with Gasteiger partial charge in [-0.05, 0) is 38.1 Å². The fourth-order valence-corrected chi connectivity index (χ4v) is 1.72. The summed E-state index contributed by atoms with van der Waals surface area (Å²) in [5.74, 6) is 0.977. The van der Waals surface area contributed by atoms with Gasteiger partial charge in [0.2, 0.25) is 0 Å². The first-order valence-corrected chi connectivity index (χ1v) is 6.07. The molecule has 0 saturated heterocycles. The van der Waals surface area contributed by atoms with Crippen LogP contribution in [0.1, 0.15) is 12.5 Å². The highest BCUT2D eigenvalue weighted by molar-refractivity contribution is 5.97. The molecular formula is C16H18N2. The van der Waals surface area contributed by atoms with Crippen LogP contribution in [-0.2, 0) is 0 Å². The van der Waals surface area contributed by atoms with E-state index in [1.165, 1.54) is 5.56 Å². The minimum absolute atomic E-state index is 0.977. The van der Waals surface area contributed by atoms with Crippen LogP contribution in [0.25, 0.3) is 0 Å². The quantitative estimate of drug-likeness (QED) is 0.566. The van der Waals surface area contributed by atoms with Crippen LogP contribution in [0.5, 0.6) is 0 Å². The summed E-state index contributed by atoms with van der Waals surface area (Å²) in [7, 11) is 2.03. The third kappa shape index (κ3) is 2.98. The zero-order valence-corrected chi connectivity index (χ0v) is 11.1. The lowest BCUT2D eigenvalue weighted by Crippen LogP contribution is -2.23. The molecule has 0 atom stereocenters. The molecule has 0 radical (unpaired) electrons. The standard InChI is InChI=1S/C16H18N2/c1-13-9-11-16(12-10-13)18(3)14(2)17-15-7-5-4-6-8-15/h4-12H,1-3H3. The van der Waals surface area contributed by atoms with Gasteiger partial charge in [0.05, 0.1) is 5.69 Å². The smallest absolute Gasteiger partial charge is 0.106 e. The van der Waals surface area contributed by atoms with Crippen LogP contribution in [0.4, 0.5) is 11.4 Å². The third-order valence-corrected chi connectivity index (χ3v) is 2.95. The second kappa shape index (κ2) is 5.50. The highest BCUT2D eigenvalue weighted by Crippen LogP contribution is 2.16. The summed E-state index contributed by atoms with van der Waals surface area (Å²) in [4.78, 5) is 6.69. The highest BCUT2D eigenvalue weighted by Gasteiger charge is 2.03. The topological polar surface area (TPSA) is 15.6 Å². The van der Waals surface area contributed by atoms with E-state index in [1.807, 2.05) is 44.3 Å². The van der Waals surface area contributed by atoms with Crippen molar-refractivity contribution in [3.8, 4) is 0 Å².